The van der Waals surface area contributed by atoms with Crippen molar-refractivity contribution in [1.29, 1.82) is 0 Å². The summed E-state index contributed by atoms with van der Waals surface area (Å²) in [7, 11) is 0. The Morgan fingerprint density at radius 2 is 1.86 bits per heavy atom. The zero-order valence-corrected chi connectivity index (χ0v) is 13.1. The van der Waals surface area contributed by atoms with Crippen LogP contribution in [0.3, 0.4) is 0 Å². The molecule has 1 nitrogen and oxygen atoms in total. The maximum atomic E-state index is 13.7. The highest BCUT2D eigenvalue weighted by Gasteiger charge is 2.06. The van der Waals surface area contributed by atoms with Gasteiger partial charge >= 0.3 is 0 Å². The minimum Gasteiger partial charge on any atom is -0.486 e. The SMILES string of the molecule is Fc1ccc(C#CCCl)cc1OCc1ccc(Cl)c(Cl)c1. The summed E-state index contributed by atoms with van der Waals surface area (Å²) in [5.74, 6) is 5.41. The zero-order chi connectivity index (χ0) is 15.2. The second kappa shape index (κ2) is 7.56. The van der Waals surface area contributed by atoms with E-state index in [4.69, 9.17) is 39.5 Å². The Labute approximate surface area is 137 Å². The smallest absolute Gasteiger partial charge is 0.165 e. The van der Waals surface area contributed by atoms with Gasteiger partial charge in [-0.1, -0.05) is 41.1 Å². The van der Waals surface area contributed by atoms with Gasteiger partial charge in [0, 0.05) is 5.56 Å². The Morgan fingerprint density at radius 1 is 1.05 bits per heavy atom. The molecule has 108 valence electrons. The zero-order valence-electron chi connectivity index (χ0n) is 10.8. The van der Waals surface area contributed by atoms with Crippen molar-refractivity contribution in [3.63, 3.8) is 0 Å². The Balaban J connectivity index is 2.13. The molecule has 0 spiro atoms. The molecule has 2 rings (SSSR count). The van der Waals surface area contributed by atoms with Gasteiger partial charge in [-0.25, -0.2) is 4.39 Å². The molecule has 0 heterocycles. The van der Waals surface area contributed by atoms with Crippen LogP contribution in [-0.2, 0) is 6.61 Å². The van der Waals surface area contributed by atoms with Crippen molar-refractivity contribution in [1.82, 2.24) is 0 Å². The summed E-state index contributed by atoms with van der Waals surface area (Å²) in [6.45, 7) is 0.181. The van der Waals surface area contributed by atoms with Gasteiger partial charge in [0.15, 0.2) is 11.6 Å². The molecule has 0 saturated heterocycles. The molecule has 0 radical (unpaired) electrons. The van der Waals surface area contributed by atoms with Crippen LogP contribution >= 0.6 is 34.8 Å². The molecule has 0 aromatic heterocycles. The average molecular weight is 344 g/mol. The number of benzene rings is 2. The van der Waals surface area contributed by atoms with Gasteiger partial charge < -0.3 is 4.74 Å². The van der Waals surface area contributed by atoms with Gasteiger partial charge in [0.1, 0.15) is 6.61 Å². The fourth-order valence-corrected chi connectivity index (χ4v) is 2.01. The lowest BCUT2D eigenvalue weighted by Crippen LogP contribution is -1.98. The van der Waals surface area contributed by atoms with Crippen molar-refractivity contribution in [2.24, 2.45) is 0 Å². The molecule has 0 aliphatic rings. The first-order chi connectivity index (χ1) is 10.1. The highest BCUT2D eigenvalue weighted by molar-refractivity contribution is 6.42. The minimum atomic E-state index is -0.452. The molecular weight excluding hydrogens is 334 g/mol. The Bertz CT molecular complexity index is 704. The lowest BCUT2D eigenvalue weighted by Gasteiger charge is -2.08. The van der Waals surface area contributed by atoms with Crippen molar-refractivity contribution in [3.05, 3.63) is 63.4 Å². The number of hydrogen-bond donors (Lipinski definition) is 0. The van der Waals surface area contributed by atoms with Crippen LogP contribution in [0.4, 0.5) is 4.39 Å². The van der Waals surface area contributed by atoms with Gasteiger partial charge in [-0.3, -0.25) is 0 Å². The first kappa shape index (κ1) is 16.0. The van der Waals surface area contributed by atoms with Crippen LogP contribution < -0.4 is 4.74 Å². The van der Waals surface area contributed by atoms with E-state index < -0.39 is 5.82 Å². The largest absolute Gasteiger partial charge is 0.486 e. The summed E-state index contributed by atoms with van der Waals surface area (Å²) in [5.41, 5.74) is 1.43. The third kappa shape index (κ3) is 4.54. The third-order valence-corrected chi connectivity index (χ3v) is 3.48. The van der Waals surface area contributed by atoms with E-state index in [1.165, 1.54) is 12.1 Å². The van der Waals surface area contributed by atoms with Gasteiger partial charge in [0.2, 0.25) is 0 Å². The van der Waals surface area contributed by atoms with Crippen LogP contribution in [0.1, 0.15) is 11.1 Å². The molecule has 0 bridgehead atoms. The van der Waals surface area contributed by atoms with Crippen LogP contribution in [0, 0.1) is 17.7 Å². The summed E-state index contributed by atoms with van der Waals surface area (Å²) < 4.78 is 19.2. The Morgan fingerprint density at radius 3 is 2.57 bits per heavy atom. The first-order valence-electron chi connectivity index (χ1n) is 6.01. The summed E-state index contributed by atoms with van der Waals surface area (Å²) in [6, 6.07) is 9.53. The van der Waals surface area contributed by atoms with Crippen LogP contribution in [0.5, 0.6) is 5.75 Å². The molecule has 0 unspecified atom stereocenters. The molecule has 5 heteroatoms. The molecular formula is C16H10Cl3FO. The van der Waals surface area contributed by atoms with Crippen LogP contribution in [-0.4, -0.2) is 5.88 Å². The van der Waals surface area contributed by atoms with E-state index in [0.29, 0.717) is 15.6 Å². The van der Waals surface area contributed by atoms with Gasteiger partial charge in [-0.15, -0.1) is 11.6 Å². The molecule has 0 aliphatic heterocycles. The Hall–Kier alpha value is -1.40. The minimum absolute atomic E-state index is 0.127. The maximum absolute atomic E-state index is 13.7. The molecule has 2 aromatic rings. The lowest BCUT2D eigenvalue weighted by atomic mass is 10.2. The highest BCUT2D eigenvalue weighted by Crippen LogP contribution is 2.24. The van der Waals surface area contributed by atoms with Crippen LogP contribution in [0.15, 0.2) is 36.4 Å². The molecule has 0 fully saturated rings. The second-order valence-electron chi connectivity index (χ2n) is 4.12. The van der Waals surface area contributed by atoms with Crippen molar-refractivity contribution < 1.29 is 9.13 Å². The molecule has 2 aromatic carbocycles. The van der Waals surface area contributed by atoms with E-state index in [2.05, 4.69) is 11.8 Å². The van der Waals surface area contributed by atoms with E-state index in [1.54, 1.807) is 24.3 Å². The number of ether oxygens (including phenoxy) is 1. The molecule has 0 amide bonds. The molecule has 0 N–H and O–H groups in total. The lowest BCUT2D eigenvalue weighted by molar-refractivity contribution is 0.290. The topological polar surface area (TPSA) is 9.23 Å². The van der Waals surface area contributed by atoms with E-state index in [0.717, 1.165) is 5.56 Å². The standard InChI is InChI=1S/C16H10Cl3FO/c17-7-1-2-11-4-6-15(20)16(9-11)21-10-12-3-5-13(18)14(19)8-12/h3-6,8-9H,7,10H2. The summed E-state index contributed by atoms with van der Waals surface area (Å²) in [6.07, 6.45) is 0. The van der Waals surface area contributed by atoms with E-state index in [9.17, 15) is 4.39 Å². The fourth-order valence-electron chi connectivity index (χ4n) is 1.62. The molecule has 0 aliphatic carbocycles. The monoisotopic (exact) mass is 342 g/mol. The predicted octanol–water partition coefficient (Wildman–Crippen LogP) is 5.30. The van der Waals surface area contributed by atoms with Crippen molar-refractivity contribution in [2.45, 2.75) is 6.61 Å². The fraction of sp³-hybridized carbons (Fsp3) is 0.125. The number of alkyl halides is 1. The number of rotatable bonds is 3. The van der Waals surface area contributed by atoms with Crippen molar-refractivity contribution in [2.75, 3.05) is 5.88 Å². The molecule has 21 heavy (non-hydrogen) atoms. The second-order valence-corrected chi connectivity index (χ2v) is 5.20. The first-order valence-corrected chi connectivity index (χ1v) is 7.30. The third-order valence-electron chi connectivity index (χ3n) is 2.61. The predicted molar refractivity (Wildman–Crippen MR) is 84.8 cm³/mol. The quantitative estimate of drug-likeness (QED) is 0.542. The van der Waals surface area contributed by atoms with Gasteiger partial charge in [-0.05, 0) is 35.9 Å². The van der Waals surface area contributed by atoms with E-state index in [-0.39, 0.29) is 18.2 Å². The van der Waals surface area contributed by atoms with Crippen LogP contribution in [0.2, 0.25) is 10.0 Å². The van der Waals surface area contributed by atoms with Gasteiger partial charge in [0.25, 0.3) is 0 Å². The van der Waals surface area contributed by atoms with Crippen molar-refractivity contribution >= 4 is 34.8 Å². The molecule has 0 atom stereocenters. The maximum Gasteiger partial charge on any atom is 0.165 e. The number of halogens is 4. The summed E-state index contributed by atoms with van der Waals surface area (Å²) in [5, 5.41) is 0.893. The highest BCUT2D eigenvalue weighted by atomic mass is 35.5. The molecule has 0 saturated carbocycles. The summed E-state index contributed by atoms with van der Waals surface area (Å²) in [4.78, 5) is 0. The van der Waals surface area contributed by atoms with E-state index in [1.807, 2.05) is 0 Å². The van der Waals surface area contributed by atoms with Gasteiger partial charge in [0.05, 0.1) is 15.9 Å². The Kier molecular flexibility index (Phi) is 5.76. The van der Waals surface area contributed by atoms with Crippen LogP contribution in [0.25, 0.3) is 0 Å². The normalized spacial score (nSPS) is 9.90. The summed E-state index contributed by atoms with van der Waals surface area (Å²) >= 11 is 17.2. The average Bonchev–Trinajstić information content (AvgIpc) is 2.48. The van der Waals surface area contributed by atoms with Crippen molar-refractivity contribution in [3.8, 4) is 17.6 Å². The number of hydrogen-bond acceptors (Lipinski definition) is 1. The van der Waals surface area contributed by atoms with Gasteiger partial charge in [-0.2, -0.15) is 0 Å². The van der Waals surface area contributed by atoms with E-state index >= 15 is 0 Å².